The van der Waals surface area contributed by atoms with Gasteiger partial charge in [0.1, 0.15) is 0 Å². The number of ketones is 1. The molecule has 2 aromatic rings. The molecule has 0 aliphatic heterocycles. The van der Waals surface area contributed by atoms with Crippen LogP contribution in [0.5, 0.6) is 0 Å². The SMILES string of the molecule is Cc1ccc(C(=O)C[C@@H](C[N+](=O)[O-])c2ccc(Cl)cc2)cc1. The van der Waals surface area contributed by atoms with Crippen molar-refractivity contribution in [3.8, 4) is 0 Å². The van der Waals surface area contributed by atoms with Crippen molar-refractivity contribution in [2.75, 3.05) is 6.54 Å². The van der Waals surface area contributed by atoms with Gasteiger partial charge in [-0.3, -0.25) is 14.9 Å². The van der Waals surface area contributed by atoms with Gasteiger partial charge < -0.3 is 0 Å². The lowest BCUT2D eigenvalue weighted by atomic mass is 9.91. The van der Waals surface area contributed by atoms with E-state index >= 15 is 0 Å². The number of nitro groups is 1. The standard InChI is InChI=1S/C17H16ClNO3/c1-12-2-4-14(5-3-12)17(20)10-15(11-19(21)22)13-6-8-16(18)9-7-13/h2-9,15H,10-11H2,1H3/t15-/m0/s1. The molecule has 5 heteroatoms. The molecule has 22 heavy (non-hydrogen) atoms. The predicted octanol–water partition coefficient (Wildman–Crippen LogP) is 4.28. The minimum absolute atomic E-state index is 0.0956. The lowest BCUT2D eigenvalue weighted by Crippen LogP contribution is -2.16. The number of hydrogen-bond acceptors (Lipinski definition) is 3. The molecule has 1 atom stereocenters. The summed E-state index contributed by atoms with van der Waals surface area (Å²) in [5, 5.41) is 11.4. The quantitative estimate of drug-likeness (QED) is 0.454. The minimum Gasteiger partial charge on any atom is -0.294 e. The Balaban J connectivity index is 2.19. The van der Waals surface area contributed by atoms with E-state index < -0.39 is 5.92 Å². The number of carbonyl (C=O) groups excluding carboxylic acids is 1. The van der Waals surface area contributed by atoms with Gasteiger partial charge in [0.15, 0.2) is 5.78 Å². The first kappa shape index (κ1) is 16.2. The number of aryl methyl sites for hydroxylation is 1. The summed E-state index contributed by atoms with van der Waals surface area (Å²) < 4.78 is 0. The van der Waals surface area contributed by atoms with Gasteiger partial charge in [0, 0.05) is 21.9 Å². The van der Waals surface area contributed by atoms with Crippen LogP contribution in [0.4, 0.5) is 0 Å². The van der Waals surface area contributed by atoms with Crippen LogP contribution in [0.15, 0.2) is 48.5 Å². The molecule has 0 aromatic heterocycles. The van der Waals surface area contributed by atoms with Crippen LogP contribution in [0.2, 0.25) is 5.02 Å². The van der Waals surface area contributed by atoms with Gasteiger partial charge in [-0.05, 0) is 24.6 Å². The molecule has 2 rings (SSSR count). The van der Waals surface area contributed by atoms with Crippen molar-refractivity contribution < 1.29 is 9.72 Å². The molecule has 0 N–H and O–H groups in total. The zero-order valence-corrected chi connectivity index (χ0v) is 12.9. The van der Waals surface area contributed by atoms with Crippen LogP contribution in [0.3, 0.4) is 0 Å². The van der Waals surface area contributed by atoms with Crippen molar-refractivity contribution in [2.45, 2.75) is 19.3 Å². The molecule has 114 valence electrons. The first-order valence-electron chi connectivity index (χ1n) is 6.93. The fourth-order valence-electron chi connectivity index (χ4n) is 2.28. The lowest BCUT2D eigenvalue weighted by Gasteiger charge is -2.13. The van der Waals surface area contributed by atoms with Gasteiger partial charge in [0.2, 0.25) is 6.54 Å². The molecule has 0 heterocycles. The van der Waals surface area contributed by atoms with Crippen molar-refractivity contribution in [3.05, 3.63) is 80.4 Å². The second-order valence-corrected chi connectivity index (χ2v) is 5.69. The zero-order chi connectivity index (χ0) is 16.1. The summed E-state index contributed by atoms with van der Waals surface area (Å²) in [6.45, 7) is 1.66. The van der Waals surface area contributed by atoms with Gasteiger partial charge in [-0.15, -0.1) is 0 Å². The maximum absolute atomic E-state index is 12.3. The van der Waals surface area contributed by atoms with Crippen LogP contribution in [-0.2, 0) is 0 Å². The summed E-state index contributed by atoms with van der Waals surface area (Å²) in [7, 11) is 0. The molecule has 0 bridgehead atoms. The molecule has 0 amide bonds. The Labute approximate surface area is 133 Å². The third-order valence-corrected chi connectivity index (χ3v) is 3.77. The molecule has 0 saturated carbocycles. The van der Waals surface area contributed by atoms with Gasteiger partial charge in [-0.25, -0.2) is 0 Å². The first-order chi connectivity index (χ1) is 10.5. The Morgan fingerprint density at radius 2 is 1.73 bits per heavy atom. The van der Waals surface area contributed by atoms with E-state index in [-0.39, 0.29) is 23.7 Å². The van der Waals surface area contributed by atoms with Crippen molar-refractivity contribution >= 4 is 17.4 Å². The fraction of sp³-hybridized carbons (Fsp3) is 0.235. The van der Waals surface area contributed by atoms with Crippen molar-refractivity contribution in [3.63, 3.8) is 0 Å². The van der Waals surface area contributed by atoms with E-state index in [9.17, 15) is 14.9 Å². The molecule has 0 fully saturated rings. The Hall–Kier alpha value is -2.20. The Morgan fingerprint density at radius 3 is 2.27 bits per heavy atom. The largest absolute Gasteiger partial charge is 0.294 e. The number of benzene rings is 2. The molecule has 4 nitrogen and oxygen atoms in total. The highest BCUT2D eigenvalue weighted by Crippen LogP contribution is 2.24. The van der Waals surface area contributed by atoms with Crippen molar-refractivity contribution in [1.29, 1.82) is 0 Å². The smallest absolute Gasteiger partial charge is 0.211 e. The predicted molar refractivity (Wildman–Crippen MR) is 86.2 cm³/mol. The van der Waals surface area contributed by atoms with Crippen LogP contribution in [-0.4, -0.2) is 17.3 Å². The molecule has 0 aliphatic carbocycles. The summed E-state index contributed by atoms with van der Waals surface area (Å²) >= 11 is 5.84. The number of hydrogen-bond donors (Lipinski definition) is 0. The van der Waals surface area contributed by atoms with E-state index in [1.54, 1.807) is 36.4 Å². The van der Waals surface area contributed by atoms with Crippen molar-refractivity contribution in [1.82, 2.24) is 0 Å². The van der Waals surface area contributed by atoms with Crippen LogP contribution in [0, 0.1) is 17.0 Å². The summed E-state index contributed by atoms with van der Waals surface area (Å²) in [5.74, 6) is -0.553. The summed E-state index contributed by atoms with van der Waals surface area (Å²) in [4.78, 5) is 22.8. The first-order valence-corrected chi connectivity index (χ1v) is 7.30. The zero-order valence-electron chi connectivity index (χ0n) is 12.2. The number of rotatable bonds is 6. The topological polar surface area (TPSA) is 60.2 Å². The highest BCUT2D eigenvalue weighted by Gasteiger charge is 2.22. The van der Waals surface area contributed by atoms with Gasteiger partial charge in [-0.2, -0.15) is 0 Å². The Kier molecular flexibility index (Phi) is 5.28. The van der Waals surface area contributed by atoms with E-state index in [2.05, 4.69) is 0 Å². The Morgan fingerprint density at radius 1 is 1.14 bits per heavy atom. The van der Waals surface area contributed by atoms with Crippen LogP contribution in [0.25, 0.3) is 0 Å². The van der Waals surface area contributed by atoms with E-state index in [4.69, 9.17) is 11.6 Å². The highest BCUT2D eigenvalue weighted by molar-refractivity contribution is 6.30. The molecule has 0 radical (unpaired) electrons. The highest BCUT2D eigenvalue weighted by atomic mass is 35.5. The molecule has 0 saturated heterocycles. The summed E-state index contributed by atoms with van der Waals surface area (Å²) in [5.41, 5.74) is 2.39. The van der Waals surface area contributed by atoms with Crippen molar-refractivity contribution in [2.24, 2.45) is 0 Å². The van der Waals surface area contributed by atoms with Crippen LogP contribution < -0.4 is 0 Å². The molecular formula is C17H16ClNO3. The molecular weight excluding hydrogens is 302 g/mol. The van der Waals surface area contributed by atoms with Gasteiger partial charge in [0.05, 0.1) is 5.92 Å². The minimum atomic E-state index is -0.457. The van der Waals surface area contributed by atoms with Gasteiger partial charge in [-0.1, -0.05) is 53.6 Å². The maximum atomic E-state index is 12.3. The van der Waals surface area contributed by atoms with E-state index in [1.807, 2.05) is 19.1 Å². The summed E-state index contributed by atoms with van der Waals surface area (Å²) in [6.07, 6.45) is 0.103. The van der Waals surface area contributed by atoms with E-state index in [1.165, 1.54) is 0 Å². The van der Waals surface area contributed by atoms with Gasteiger partial charge >= 0.3 is 0 Å². The van der Waals surface area contributed by atoms with Crippen LogP contribution in [0.1, 0.15) is 33.8 Å². The van der Waals surface area contributed by atoms with Gasteiger partial charge in [0.25, 0.3) is 0 Å². The number of nitrogens with zero attached hydrogens (tertiary/aromatic N) is 1. The fourth-order valence-corrected chi connectivity index (χ4v) is 2.41. The average Bonchev–Trinajstić information content (AvgIpc) is 2.47. The van der Waals surface area contributed by atoms with E-state index in [0.717, 1.165) is 11.1 Å². The number of Topliss-reactive ketones (excluding diaryl/α,β-unsaturated/α-hetero) is 1. The second-order valence-electron chi connectivity index (χ2n) is 5.26. The normalized spacial score (nSPS) is 11.9. The maximum Gasteiger partial charge on any atom is 0.211 e. The third-order valence-electron chi connectivity index (χ3n) is 3.52. The monoisotopic (exact) mass is 317 g/mol. The lowest BCUT2D eigenvalue weighted by molar-refractivity contribution is -0.483. The molecule has 0 unspecified atom stereocenters. The Bertz CT molecular complexity index is 665. The molecule has 0 aliphatic rings. The molecule has 0 spiro atoms. The molecule has 2 aromatic carbocycles. The second kappa shape index (κ2) is 7.18. The summed E-state index contributed by atoms with van der Waals surface area (Å²) in [6, 6.07) is 14.1. The average molecular weight is 318 g/mol. The number of halogens is 1. The third kappa shape index (κ3) is 4.40. The number of carbonyl (C=O) groups is 1. The van der Waals surface area contributed by atoms with Crippen LogP contribution >= 0.6 is 11.6 Å². The van der Waals surface area contributed by atoms with E-state index in [0.29, 0.717) is 10.6 Å².